The molecule has 15 atom stereocenters. The number of nitrogens with one attached hydrogen (secondary N) is 1. The van der Waals surface area contributed by atoms with Crippen molar-refractivity contribution in [3.05, 3.63) is 0 Å². The highest BCUT2D eigenvalue weighted by Gasteiger charge is 2.49. The number of rotatable bonds is 9. The van der Waals surface area contributed by atoms with Crippen molar-refractivity contribution >= 4 is 5.91 Å². The number of ether oxygens (including phenoxy) is 6. The average Bonchev–Trinajstić information content (AvgIpc) is 2.89. The van der Waals surface area contributed by atoms with E-state index < -0.39 is 118 Å². The van der Waals surface area contributed by atoms with Crippen molar-refractivity contribution in [1.82, 2.24) is 5.32 Å². The first kappa shape index (κ1) is 31.4. The molecule has 3 aliphatic heterocycles. The molecule has 0 aromatic carbocycles. The molecule has 0 saturated carbocycles. The summed E-state index contributed by atoms with van der Waals surface area (Å²) in [6.07, 6.45) is -21.2. The van der Waals surface area contributed by atoms with Crippen molar-refractivity contribution in [2.75, 3.05) is 26.9 Å². The number of methoxy groups -OCH3 is 1. The summed E-state index contributed by atoms with van der Waals surface area (Å²) in [5.41, 5.74) is 0. The van der Waals surface area contributed by atoms with Gasteiger partial charge >= 0.3 is 0 Å². The van der Waals surface area contributed by atoms with Crippen molar-refractivity contribution in [1.29, 1.82) is 0 Å². The minimum Gasteiger partial charge on any atom is -0.394 e. The molecule has 1 amide bonds. The van der Waals surface area contributed by atoms with Crippen LogP contribution < -0.4 is 5.32 Å². The SMILES string of the molecule is CO[C@H]1O[C@H](CO[C@H]2O[C@H](CO[C@@H]3O[C@H](CO)[C@@H](O)[C@H](O)[C@H]3NC(C)=O)[C@@H](O)[C@H](O)[C@@H]2O)[C@@H](O)[C@H](O)[C@@H]1O. The fraction of sp³-hybridized carbons (Fsp3) is 0.952. The summed E-state index contributed by atoms with van der Waals surface area (Å²) in [4.78, 5) is 11.6. The van der Waals surface area contributed by atoms with Crippen molar-refractivity contribution in [3.63, 3.8) is 0 Å². The first-order chi connectivity index (χ1) is 17.9. The van der Waals surface area contributed by atoms with Crippen molar-refractivity contribution in [2.24, 2.45) is 0 Å². The monoisotopic (exact) mass is 559 g/mol. The first-order valence-electron chi connectivity index (χ1n) is 12.0. The maximum absolute atomic E-state index is 11.6. The fourth-order valence-corrected chi connectivity index (χ4v) is 4.43. The van der Waals surface area contributed by atoms with E-state index in [0.29, 0.717) is 0 Å². The minimum absolute atomic E-state index is 0.498. The first-order valence-corrected chi connectivity index (χ1v) is 12.0. The zero-order valence-electron chi connectivity index (χ0n) is 20.7. The normalized spacial score (nSPS) is 48.0. The molecule has 3 fully saturated rings. The van der Waals surface area contributed by atoms with Gasteiger partial charge in [-0.2, -0.15) is 0 Å². The molecule has 0 aliphatic carbocycles. The Bertz CT molecular complexity index is 761. The van der Waals surface area contributed by atoms with Gasteiger partial charge in [-0.1, -0.05) is 0 Å². The Morgan fingerprint density at radius 2 is 1.11 bits per heavy atom. The van der Waals surface area contributed by atoms with Crippen LogP contribution in [0.3, 0.4) is 0 Å². The van der Waals surface area contributed by atoms with Crippen LogP contribution in [0.2, 0.25) is 0 Å². The number of hydrogen-bond acceptors (Lipinski definition) is 16. The number of aliphatic hydroxyl groups excluding tert-OH is 9. The summed E-state index contributed by atoms with van der Waals surface area (Å²) in [7, 11) is 1.21. The van der Waals surface area contributed by atoms with Gasteiger partial charge in [0, 0.05) is 14.0 Å². The van der Waals surface area contributed by atoms with Gasteiger partial charge in [-0.25, -0.2) is 0 Å². The molecule has 0 unspecified atom stereocenters. The van der Waals surface area contributed by atoms with Crippen LogP contribution in [0.5, 0.6) is 0 Å². The molecule has 38 heavy (non-hydrogen) atoms. The number of carbonyl (C=O) groups is 1. The van der Waals surface area contributed by atoms with Crippen LogP contribution in [0.1, 0.15) is 6.92 Å². The summed E-state index contributed by atoms with van der Waals surface area (Å²) >= 11 is 0. The lowest BCUT2D eigenvalue weighted by atomic mass is 9.96. The topological polar surface area (TPSA) is 267 Å². The molecule has 0 aromatic heterocycles. The second-order valence-corrected chi connectivity index (χ2v) is 9.36. The zero-order chi connectivity index (χ0) is 28.3. The third-order valence-electron chi connectivity index (χ3n) is 6.67. The van der Waals surface area contributed by atoms with E-state index in [4.69, 9.17) is 28.4 Å². The van der Waals surface area contributed by atoms with E-state index in [1.165, 1.54) is 7.11 Å². The van der Waals surface area contributed by atoms with Crippen LogP contribution in [0, 0.1) is 0 Å². The molecule has 10 N–H and O–H groups in total. The van der Waals surface area contributed by atoms with E-state index in [-0.39, 0.29) is 0 Å². The predicted octanol–water partition coefficient (Wildman–Crippen LogP) is -6.78. The Morgan fingerprint density at radius 3 is 1.61 bits per heavy atom. The Hall–Kier alpha value is -1.13. The molecule has 0 spiro atoms. The number of carbonyl (C=O) groups excluding carboxylic acids is 1. The molecule has 0 aromatic rings. The molecular formula is C21H37NO16. The van der Waals surface area contributed by atoms with Crippen LogP contribution in [0.25, 0.3) is 0 Å². The average molecular weight is 560 g/mol. The van der Waals surface area contributed by atoms with E-state index in [1.54, 1.807) is 0 Å². The number of amides is 1. The molecule has 17 heteroatoms. The Morgan fingerprint density at radius 1 is 0.658 bits per heavy atom. The van der Waals surface area contributed by atoms with Gasteiger partial charge in [0.15, 0.2) is 18.9 Å². The summed E-state index contributed by atoms with van der Waals surface area (Å²) in [6, 6.07) is -1.27. The van der Waals surface area contributed by atoms with Gasteiger partial charge in [0.25, 0.3) is 0 Å². The smallest absolute Gasteiger partial charge is 0.217 e. The van der Waals surface area contributed by atoms with E-state index in [2.05, 4.69) is 5.32 Å². The maximum atomic E-state index is 11.6. The Kier molecular flexibility index (Phi) is 11.1. The van der Waals surface area contributed by atoms with Gasteiger partial charge in [0.2, 0.25) is 5.91 Å². The maximum Gasteiger partial charge on any atom is 0.217 e. The van der Waals surface area contributed by atoms with Gasteiger partial charge < -0.3 is 79.7 Å². The van der Waals surface area contributed by atoms with Crippen molar-refractivity contribution in [3.8, 4) is 0 Å². The second-order valence-electron chi connectivity index (χ2n) is 9.36. The third kappa shape index (κ3) is 6.77. The number of aliphatic hydroxyl groups is 9. The van der Waals surface area contributed by atoms with Gasteiger partial charge in [0.1, 0.15) is 73.2 Å². The molecular weight excluding hydrogens is 522 g/mol. The lowest BCUT2D eigenvalue weighted by molar-refractivity contribution is -0.336. The van der Waals surface area contributed by atoms with E-state index in [9.17, 15) is 50.8 Å². The highest BCUT2D eigenvalue weighted by atomic mass is 16.7. The largest absolute Gasteiger partial charge is 0.394 e. The zero-order valence-corrected chi connectivity index (χ0v) is 20.7. The van der Waals surface area contributed by atoms with Crippen LogP contribution in [0.4, 0.5) is 0 Å². The third-order valence-corrected chi connectivity index (χ3v) is 6.67. The minimum atomic E-state index is -1.78. The summed E-state index contributed by atoms with van der Waals surface area (Å²) in [5, 5.41) is 93.3. The molecule has 222 valence electrons. The standard InChI is InChI=1S/C21H37NO16/c1-6(24)22-10-14(28)11(25)7(3-23)36-19(10)34-4-9-13(27)16(30)18(32)21(38-9)35-5-8-12(26)15(29)17(31)20(33-2)37-8/h7-21,23,25-32H,3-5H2,1-2H3,(H,22,24)/t7-,8-,9-,10-,11-,12-,13-,14-,15+,16+,17+,18+,19-,20+,21+/m1/s1. The summed E-state index contributed by atoms with van der Waals surface area (Å²) in [6.45, 7) is -0.560. The van der Waals surface area contributed by atoms with E-state index in [1.807, 2.05) is 0 Å². The van der Waals surface area contributed by atoms with Gasteiger partial charge in [-0.05, 0) is 0 Å². The summed E-state index contributed by atoms with van der Waals surface area (Å²) in [5.74, 6) is -0.581. The molecule has 3 aliphatic rings. The molecule has 0 bridgehead atoms. The molecule has 3 heterocycles. The fourth-order valence-electron chi connectivity index (χ4n) is 4.43. The Balaban J connectivity index is 1.64. The van der Waals surface area contributed by atoms with E-state index >= 15 is 0 Å². The van der Waals surface area contributed by atoms with Crippen LogP contribution >= 0.6 is 0 Å². The molecule has 0 radical (unpaired) electrons. The lowest BCUT2D eigenvalue weighted by Gasteiger charge is -2.44. The van der Waals surface area contributed by atoms with Crippen molar-refractivity contribution < 1.29 is 79.2 Å². The van der Waals surface area contributed by atoms with Gasteiger partial charge in [-0.3, -0.25) is 4.79 Å². The quantitative estimate of drug-likeness (QED) is 0.126. The highest BCUT2D eigenvalue weighted by Crippen LogP contribution is 2.27. The molecule has 17 nitrogen and oxygen atoms in total. The van der Waals surface area contributed by atoms with Crippen molar-refractivity contribution in [2.45, 2.75) is 99.0 Å². The second kappa shape index (κ2) is 13.5. The Labute approximate surface area is 217 Å². The molecule has 3 rings (SSSR count). The van der Waals surface area contributed by atoms with Gasteiger partial charge in [0.05, 0.1) is 19.8 Å². The van der Waals surface area contributed by atoms with Crippen LogP contribution in [0.15, 0.2) is 0 Å². The number of hydrogen-bond donors (Lipinski definition) is 10. The molecule has 3 saturated heterocycles. The van der Waals surface area contributed by atoms with Gasteiger partial charge in [-0.15, -0.1) is 0 Å². The highest BCUT2D eigenvalue weighted by molar-refractivity contribution is 5.73. The van der Waals surface area contributed by atoms with Crippen LogP contribution in [-0.2, 0) is 33.2 Å². The van der Waals surface area contributed by atoms with E-state index in [0.717, 1.165) is 6.92 Å². The predicted molar refractivity (Wildman–Crippen MR) is 118 cm³/mol. The van der Waals surface area contributed by atoms with Crippen LogP contribution in [-0.4, -0.2) is 171 Å². The lowest BCUT2D eigenvalue weighted by Crippen LogP contribution is -2.65. The summed E-state index contributed by atoms with van der Waals surface area (Å²) < 4.78 is 32.2.